The smallest absolute Gasteiger partial charge is 0.345 e. The largest absolute Gasteiger partial charge is 0.482 e. The van der Waals surface area contributed by atoms with E-state index in [4.69, 9.17) is 15.2 Å². The standard InChI is InChI=1S/C20H17NO4/c21-20(23)19(15-7-2-1-3-8-15)25-18(22)13-24-17-11-10-14-6-4-5-9-16(14)12-17/h1-12,19H,13H2,(H2,21,23)/t19-/m1/s1. The van der Waals surface area contributed by atoms with Crippen LogP contribution in [0.15, 0.2) is 72.8 Å². The van der Waals surface area contributed by atoms with Crippen LogP contribution >= 0.6 is 0 Å². The Morgan fingerprint density at radius 1 is 0.880 bits per heavy atom. The number of benzene rings is 3. The first-order valence-electron chi connectivity index (χ1n) is 7.79. The van der Waals surface area contributed by atoms with Crippen molar-refractivity contribution in [3.05, 3.63) is 78.4 Å². The number of carbonyl (C=O) groups excluding carboxylic acids is 2. The molecule has 0 bridgehead atoms. The summed E-state index contributed by atoms with van der Waals surface area (Å²) in [6.07, 6.45) is -1.13. The molecule has 0 aliphatic rings. The summed E-state index contributed by atoms with van der Waals surface area (Å²) in [5.74, 6) is -0.850. The predicted molar refractivity (Wildman–Crippen MR) is 93.9 cm³/mol. The first kappa shape index (κ1) is 16.5. The normalized spacial score (nSPS) is 11.7. The molecule has 0 aliphatic carbocycles. The second-order valence-corrected chi connectivity index (χ2v) is 5.48. The summed E-state index contributed by atoms with van der Waals surface area (Å²) in [4.78, 5) is 23.6. The second-order valence-electron chi connectivity index (χ2n) is 5.48. The van der Waals surface area contributed by atoms with Crippen LogP contribution in [0, 0.1) is 0 Å². The Kier molecular flexibility index (Phi) is 4.95. The number of ether oxygens (including phenoxy) is 2. The van der Waals surface area contributed by atoms with Crippen LogP contribution in [0.5, 0.6) is 5.75 Å². The zero-order valence-electron chi connectivity index (χ0n) is 13.4. The maximum atomic E-state index is 12.0. The van der Waals surface area contributed by atoms with Crippen LogP contribution in [-0.4, -0.2) is 18.5 Å². The van der Waals surface area contributed by atoms with E-state index in [2.05, 4.69) is 0 Å². The molecule has 0 heterocycles. The molecule has 0 aliphatic heterocycles. The molecule has 0 aromatic heterocycles. The summed E-state index contributed by atoms with van der Waals surface area (Å²) in [5.41, 5.74) is 5.85. The van der Waals surface area contributed by atoms with Crippen LogP contribution in [-0.2, 0) is 14.3 Å². The van der Waals surface area contributed by atoms with E-state index in [1.807, 2.05) is 36.4 Å². The van der Waals surface area contributed by atoms with Gasteiger partial charge in [0.2, 0.25) is 6.10 Å². The molecule has 25 heavy (non-hydrogen) atoms. The molecule has 0 saturated carbocycles. The highest BCUT2D eigenvalue weighted by Crippen LogP contribution is 2.21. The van der Waals surface area contributed by atoms with Gasteiger partial charge in [0.15, 0.2) is 6.61 Å². The number of esters is 1. The molecule has 5 nitrogen and oxygen atoms in total. The summed E-state index contributed by atoms with van der Waals surface area (Å²) >= 11 is 0. The summed E-state index contributed by atoms with van der Waals surface area (Å²) < 4.78 is 10.6. The van der Waals surface area contributed by atoms with Gasteiger partial charge in [-0.15, -0.1) is 0 Å². The third-order valence-electron chi connectivity index (χ3n) is 3.69. The van der Waals surface area contributed by atoms with Gasteiger partial charge in [0.05, 0.1) is 0 Å². The number of hydrogen-bond acceptors (Lipinski definition) is 4. The van der Waals surface area contributed by atoms with Crippen molar-refractivity contribution in [2.24, 2.45) is 5.73 Å². The van der Waals surface area contributed by atoms with Gasteiger partial charge in [-0.25, -0.2) is 4.79 Å². The maximum Gasteiger partial charge on any atom is 0.345 e. The third-order valence-corrected chi connectivity index (χ3v) is 3.69. The van der Waals surface area contributed by atoms with Gasteiger partial charge in [-0.2, -0.15) is 0 Å². The topological polar surface area (TPSA) is 78.6 Å². The lowest BCUT2D eigenvalue weighted by molar-refractivity contribution is -0.157. The highest BCUT2D eigenvalue weighted by Gasteiger charge is 2.22. The molecule has 2 N–H and O–H groups in total. The molecule has 3 rings (SSSR count). The minimum atomic E-state index is -1.13. The minimum absolute atomic E-state index is 0.311. The minimum Gasteiger partial charge on any atom is -0.482 e. The molecule has 3 aromatic carbocycles. The third kappa shape index (κ3) is 4.14. The lowest BCUT2D eigenvalue weighted by atomic mass is 10.1. The van der Waals surface area contributed by atoms with E-state index in [9.17, 15) is 9.59 Å². The zero-order chi connectivity index (χ0) is 17.6. The lowest BCUT2D eigenvalue weighted by Crippen LogP contribution is -2.28. The monoisotopic (exact) mass is 335 g/mol. The molecule has 126 valence electrons. The maximum absolute atomic E-state index is 12.0. The fourth-order valence-corrected chi connectivity index (χ4v) is 2.48. The van der Waals surface area contributed by atoms with Gasteiger partial charge >= 0.3 is 5.97 Å². The fraction of sp³-hybridized carbons (Fsp3) is 0.100. The number of nitrogens with two attached hydrogens (primary N) is 1. The van der Waals surface area contributed by atoms with E-state index in [-0.39, 0.29) is 6.61 Å². The van der Waals surface area contributed by atoms with Crippen LogP contribution in [0.3, 0.4) is 0 Å². The van der Waals surface area contributed by atoms with E-state index >= 15 is 0 Å². The van der Waals surface area contributed by atoms with Gasteiger partial charge in [-0.05, 0) is 22.9 Å². The van der Waals surface area contributed by atoms with Crippen LogP contribution in [0.25, 0.3) is 10.8 Å². The highest BCUT2D eigenvalue weighted by molar-refractivity contribution is 5.85. The fourth-order valence-electron chi connectivity index (χ4n) is 2.48. The summed E-state index contributed by atoms with van der Waals surface area (Å²) in [5, 5.41) is 2.09. The van der Waals surface area contributed by atoms with Crippen LogP contribution < -0.4 is 10.5 Å². The van der Waals surface area contributed by atoms with Crippen LogP contribution in [0.1, 0.15) is 11.7 Å². The summed E-state index contributed by atoms with van der Waals surface area (Å²) in [6, 6.07) is 22.0. The molecule has 0 unspecified atom stereocenters. The average Bonchev–Trinajstić information content (AvgIpc) is 2.64. The number of carbonyl (C=O) groups is 2. The Morgan fingerprint density at radius 3 is 2.28 bits per heavy atom. The van der Waals surface area contributed by atoms with Crippen LogP contribution in [0.2, 0.25) is 0 Å². The van der Waals surface area contributed by atoms with Gasteiger partial charge in [-0.3, -0.25) is 4.79 Å². The summed E-state index contributed by atoms with van der Waals surface area (Å²) in [6.45, 7) is -0.311. The average molecular weight is 335 g/mol. The number of amides is 1. The Bertz CT molecular complexity index is 892. The van der Waals surface area contributed by atoms with E-state index in [1.165, 1.54) is 0 Å². The van der Waals surface area contributed by atoms with E-state index < -0.39 is 18.0 Å². The van der Waals surface area contributed by atoms with Crippen molar-refractivity contribution in [3.8, 4) is 5.75 Å². The van der Waals surface area contributed by atoms with E-state index in [1.54, 1.807) is 36.4 Å². The van der Waals surface area contributed by atoms with Crippen molar-refractivity contribution < 1.29 is 19.1 Å². The van der Waals surface area contributed by atoms with Crippen LogP contribution in [0.4, 0.5) is 0 Å². The number of fused-ring (bicyclic) bond motifs is 1. The Labute approximate surface area is 145 Å². The van der Waals surface area contributed by atoms with Gasteiger partial charge in [0, 0.05) is 5.56 Å². The molecule has 0 radical (unpaired) electrons. The van der Waals surface area contributed by atoms with Crippen molar-refractivity contribution in [1.82, 2.24) is 0 Å². The van der Waals surface area contributed by atoms with Gasteiger partial charge in [0.1, 0.15) is 5.75 Å². The quantitative estimate of drug-likeness (QED) is 0.702. The van der Waals surface area contributed by atoms with Crippen molar-refractivity contribution in [3.63, 3.8) is 0 Å². The lowest BCUT2D eigenvalue weighted by Gasteiger charge is -2.15. The predicted octanol–water partition coefficient (Wildman–Crippen LogP) is 2.99. The molecule has 5 heteroatoms. The van der Waals surface area contributed by atoms with Crippen molar-refractivity contribution >= 4 is 22.6 Å². The Balaban J connectivity index is 1.64. The van der Waals surface area contributed by atoms with Gasteiger partial charge < -0.3 is 15.2 Å². The molecule has 0 saturated heterocycles. The van der Waals surface area contributed by atoms with Crippen molar-refractivity contribution in [2.75, 3.05) is 6.61 Å². The second kappa shape index (κ2) is 7.49. The van der Waals surface area contributed by atoms with E-state index in [0.29, 0.717) is 11.3 Å². The first-order chi connectivity index (χ1) is 12.1. The first-order valence-corrected chi connectivity index (χ1v) is 7.79. The molecule has 1 atom stereocenters. The highest BCUT2D eigenvalue weighted by atomic mass is 16.6. The van der Waals surface area contributed by atoms with E-state index in [0.717, 1.165) is 10.8 Å². The molecular formula is C20H17NO4. The molecule has 0 fully saturated rings. The Morgan fingerprint density at radius 2 is 1.56 bits per heavy atom. The molecule has 0 spiro atoms. The number of primary amides is 1. The molecule has 1 amide bonds. The SMILES string of the molecule is NC(=O)[C@H](OC(=O)COc1ccc2ccccc2c1)c1ccccc1. The van der Waals surface area contributed by atoms with Gasteiger partial charge in [0.25, 0.3) is 5.91 Å². The zero-order valence-corrected chi connectivity index (χ0v) is 13.4. The van der Waals surface area contributed by atoms with Crippen molar-refractivity contribution in [2.45, 2.75) is 6.10 Å². The number of hydrogen-bond donors (Lipinski definition) is 1. The summed E-state index contributed by atoms with van der Waals surface area (Å²) in [7, 11) is 0. The number of rotatable bonds is 6. The molecule has 3 aromatic rings. The van der Waals surface area contributed by atoms with Crippen molar-refractivity contribution in [1.29, 1.82) is 0 Å². The van der Waals surface area contributed by atoms with Gasteiger partial charge in [-0.1, -0.05) is 60.7 Å². The molecular weight excluding hydrogens is 318 g/mol. The Hall–Kier alpha value is -3.34.